The van der Waals surface area contributed by atoms with Gasteiger partial charge in [-0.15, -0.1) is 0 Å². The summed E-state index contributed by atoms with van der Waals surface area (Å²) in [5.41, 5.74) is 2.93. The third kappa shape index (κ3) is 3.90. The van der Waals surface area contributed by atoms with Crippen LogP contribution in [0.15, 0.2) is 53.8 Å². The molecule has 3 aromatic rings. The predicted octanol–water partition coefficient (Wildman–Crippen LogP) is 2.61. The van der Waals surface area contributed by atoms with E-state index >= 15 is 0 Å². The Morgan fingerprint density at radius 1 is 1.25 bits per heavy atom. The van der Waals surface area contributed by atoms with Crippen LogP contribution in [0.4, 0.5) is 4.39 Å². The van der Waals surface area contributed by atoms with Crippen LogP contribution in [0.25, 0.3) is 10.9 Å². The van der Waals surface area contributed by atoms with E-state index in [2.05, 4.69) is 25.6 Å². The van der Waals surface area contributed by atoms with Crippen molar-refractivity contribution in [3.8, 4) is 0 Å². The molecule has 3 rings (SSSR count). The third-order valence-corrected chi connectivity index (χ3v) is 3.80. The first-order chi connectivity index (χ1) is 11.8. The molecule has 0 aliphatic rings. The lowest BCUT2D eigenvalue weighted by atomic mass is 10.1. The van der Waals surface area contributed by atoms with Gasteiger partial charge in [-0.25, -0.2) is 4.39 Å². The van der Waals surface area contributed by atoms with Gasteiger partial charge in [0.05, 0.1) is 12.2 Å². The van der Waals surface area contributed by atoms with Crippen molar-refractivity contribution in [2.45, 2.75) is 13.0 Å². The Morgan fingerprint density at radius 2 is 2.17 bits per heavy atom. The van der Waals surface area contributed by atoms with Crippen molar-refractivity contribution in [1.29, 1.82) is 0 Å². The van der Waals surface area contributed by atoms with Crippen LogP contribution in [-0.4, -0.2) is 29.5 Å². The van der Waals surface area contributed by atoms with E-state index in [1.165, 1.54) is 12.1 Å². The van der Waals surface area contributed by atoms with Crippen molar-refractivity contribution in [2.75, 3.05) is 13.6 Å². The van der Waals surface area contributed by atoms with Gasteiger partial charge in [0.1, 0.15) is 5.82 Å². The number of guanidine groups is 1. The predicted molar refractivity (Wildman–Crippen MR) is 94.4 cm³/mol. The molecule has 0 saturated carbocycles. The second-order valence-electron chi connectivity index (χ2n) is 5.43. The first-order valence-electron chi connectivity index (χ1n) is 7.86. The molecule has 2 aromatic heterocycles. The molecule has 0 amide bonds. The summed E-state index contributed by atoms with van der Waals surface area (Å²) in [5, 5.41) is 7.56. The van der Waals surface area contributed by atoms with Crippen LogP contribution >= 0.6 is 0 Å². The summed E-state index contributed by atoms with van der Waals surface area (Å²) in [6.45, 7) is 1.35. The van der Waals surface area contributed by atoms with E-state index in [4.69, 9.17) is 0 Å². The van der Waals surface area contributed by atoms with Gasteiger partial charge in [-0.05, 0) is 42.3 Å². The lowest BCUT2D eigenvalue weighted by Gasteiger charge is -2.11. The number of nitrogens with one attached hydrogen (secondary N) is 3. The molecular weight excluding hydrogens is 305 g/mol. The first kappa shape index (κ1) is 16.0. The lowest BCUT2D eigenvalue weighted by molar-refractivity contribution is 0.629. The normalized spacial score (nSPS) is 11.7. The number of halogens is 1. The van der Waals surface area contributed by atoms with Crippen molar-refractivity contribution >= 4 is 16.9 Å². The fourth-order valence-electron chi connectivity index (χ4n) is 2.58. The summed E-state index contributed by atoms with van der Waals surface area (Å²) in [4.78, 5) is 11.6. The monoisotopic (exact) mass is 325 g/mol. The minimum Gasteiger partial charge on any atom is -0.361 e. The Kier molecular flexibility index (Phi) is 5.05. The van der Waals surface area contributed by atoms with Gasteiger partial charge in [-0.2, -0.15) is 0 Å². The van der Waals surface area contributed by atoms with Crippen LogP contribution in [0, 0.1) is 5.82 Å². The fraction of sp³-hybridized carbons (Fsp3) is 0.222. The van der Waals surface area contributed by atoms with Crippen LogP contribution < -0.4 is 10.6 Å². The largest absolute Gasteiger partial charge is 0.361 e. The molecule has 0 saturated heterocycles. The molecule has 124 valence electrons. The van der Waals surface area contributed by atoms with Crippen molar-refractivity contribution in [1.82, 2.24) is 20.6 Å². The highest BCUT2D eigenvalue weighted by atomic mass is 19.1. The molecule has 0 bridgehead atoms. The quantitative estimate of drug-likeness (QED) is 0.499. The van der Waals surface area contributed by atoms with E-state index in [1.54, 1.807) is 13.2 Å². The van der Waals surface area contributed by atoms with Gasteiger partial charge in [-0.3, -0.25) is 9.98 Å². The summed E-state index contributed by atoms with van der Waals surface area (Å²) < 4.78 is 13.2. The maximum atomic E-state index is 13.2. The maximum Gasteiger partial charge on any atom is 0.191 e. The van der Waals surface area contributed by atoms with E-state index in [-0.39, 0.29) is 5.82 Å². The van der Waals surface area contributed by atoms with Crippen LogP contribution in [0.3, 0.4) is 0 Å². The molecule has 6 heteroatoms. The number of hydrogen-bond acceptors (Lipinski definition) is 2. The minimum absolute atomic E-state index is 0.229. The number of hydrogen-bond donors (Lipinski definition) is 3. The van der Waals surface area contributed by atoms with E-state index in [0.717, 1.165) is 41.1 Å². The molecule has 3 N–H and O–H groups in total. The molecule has 0 atom stereocenters. The number of pyridine rings is 1. The number of aromatic amines is 1. The number of benzene rings is 1. The molecule has 2 heterocycles. The minimum atomic E-state index is -0.229. The summed E-state index contributed by atoms with van der Waals surface area (Å²) in [6, 6.07) is 10.6. The Labute approximate surface area is 140 Å². The third-order valence-electron chi connectivity index (χ3n) is 3.80. The summed E-state index contributed by atoms with van der Waals surface area (Å²) in [6.07, 6.45) is 4.51. The lowest BCUT2D eigenvalue weighted by Crippen LogP contribution is -2.38. The molecule has 0 aliphatic carbocycles. The fourth-order valence-corrected chi connectivity index (χ4v) is 2.58. The van der Waals surface area contributed by atoms with Gasteiger partial charge >= 0.3 is 0 Å². The van der Waals surface area contributed by atoms with Crippen LogP contribution in [0.2, 0.25) is 0 Å². The zero-order chi connectivity index (χ0) is 16.8. The second kappa shape index (κ2) is 7.59. The van der Waals surface area contributed by atoms with Gasteiger partial charge in [0.25, 0.3) is 0 Å². The van der Waals surface area contributed by atoms with Gasteiger partial charge in [-0.1, -0.05) is 6.07 Å². The van der Waals surface area contributed by atoms with Crippen molar-refractivity contribution in [2.24, 2.45) is 4.99 Å². The molecule has 0 unspecified atom stereocenters. The number of fused-ring (bicyclic) bond motifs is 1. The van der Waals surface area contributed by atoms with Gasteiger partial charge in [0.15, 0.2) is 5.96 Å². The van der Waals surface area contributed by atoms with E-state index in [9.17, 15) is 4.39 Å². The average Bonchev–Trinajstić information content (AvgIpc) is 3.01. The number of H-pyrrole nitrogens is 1. The van der Waals surface area contributed by atoms with E-state index < -0.39 is 0 Å². The molecule has 0 aliphatic heterocycles. The maximum absolute atomic E-state index is 13.2. The Morgan fingerprint density at radius 3 is 2.96 bits per heavy atom. The van der Waals surface area contributed by atoms with Gasteiger partial charge in [0.2, 0.25) is 0 Å². The van der Waals surface area contributed by atoms with Crippen molar-refractivity contribution < 1.29 is 4.39 Å². The summed E-state index contributed by atoms with van der Waals surface area (Å²) in [7, 11) is 1.74. The van der Waals surface area contributed by atoms with E-state index in [0.29, 0.717) is 6.54 Å². The number of nitrogens with zero attached hydrogens (tertiary/aromatic N) is 2. The van der Waals surface area contributed by atoms with Crippen molar-refractivity contribution in [3.05, 3.63) is 65.9 Å². The van der Waals surface area contributed by atoms with Crippen LogP contribution in [0.5, 0.6) is 0 Å². The Bertz CT molecular complexity index is 826. The molecule has 24 heavy (non-hydrogen) atoms. The van der Waals surface area contributed by atoms with Crippen LogP contribution in [-0.2, 0) is 13.0 Å². The highest BCUT2D eigenvalue weighted by Gasteiger charge is 2.05. The molecule has 0 fully saturated rings. The number of rotatable bonds is 5. The second-order valence-corrected chi connectivity index (χ2v) is 5.43. The standard InChI is InChI=1S/C18H20FN5/c1-20-18(24-12-15-4-2-3-8-21-15)22-9-7-13-11-23-17-10-14(19)5-6-16(13)17/h2-6,8,10-11,23H,7,9,12H2,1H3,(H2,20,22,24). The van der Waals surface area contributed by atoms with Gasteiger partial charge in [0, 0.05) is 36.9 Å². The average molecular weight is 325 g/mol. The van der Waals surface area contributed by atoms with E-state index in [1.807, 2.05) is 30.5 Å². The molecule has 0 radical (unpaired) electrons. The van der Waals surface area contributed by atoms with Gasteiger partial charge < -0.3 is 15.6 Å². The van der Waals surface area contributed by atoms with Crippen molar-refractivity contribution in [3.63, 3.8) is 0 Å². The number of aliphatic imine (C=N–C) groups is 1. The highest BCUT2D eigenvalue weighted by molar-refractivity contribution is 5.83. The Hall–Kier alpha value is -2.89. The van der Waals surface area contributed by atoms with Crippen LogP contribution in [0.1, 0.15) is 11.3 Å². The Balaban J connectivity index is 1.52. The topological polar surface area (TPSA) is 65.1 Å². The molecule has 1 aromatic carbocycles. The zero-order valence-corrected chi connectivity index (χ0v) is 13.5. The smallest absolute Gasteiger partial charge is 0.191 e. The molecular formula is C18H20FN5. The SMILES string of the molecule is CN=C(NCCc1c[nH]c2cc(F)ccc12)NCc1ccccn1. The zero-order valence-electron chi connectivity index (χ0n) is 13.5. The molecule has 0 spiro atoms. The molecule has 5 nitrogen and oxygen atoms in total. The number of aromatic nitrogens is 2. The first-order valence-corrected chi connectivity index (χ1v) is 7.86. The highest BCUT2D eigenvalue weighted by Crippen LogP contribution is 2.19. The summed E-state index contributed by atoms with van der Waals surface area (Å²) in [5.74, 6) is 0.500. The summed E-state index contributed by atoms with van der Waals surface area (Å²) >= 11 is 0.